The van der Waals surface area contributed by atoms with E-state index in [1.165, 1.54) is 16.1 Å². The van der Waals surface area contributed by atoms with Gasteiger partial charge in [-0.1, -0.05) is 0 Å². The average Bonchev–Trinajstić information content (AvgIpc) is 4.08. The first kappa shape index (κ1) is 56.5. The van der Waals surface area contributed by atoms with E-state index in [-0.39, 0.29) is 29.8 Å². The molecule has 5 aromatic heterocycles. The Kier molecular flexibility index (Phi) is 19.9. The van der Waals surface area contributed by atoms with Gasteiger partial charge in [-0.15, -0.1) is 46.4 Å². The zero-order valence-electron chi connectivity index (χ0n) is 38.9. The SMILES string of the molecule is CC(C)(C)OC(=O)NC1(c2cc(Br)cs2)CCc2[nH]ncc2C1.CN(C)/C=C1\CC(NC(=O)OC(C)(C)C)(c2cc(Br)cs2)CCC1=O.Cl.NC1(c2cc(Br)cs2)CCc2[nH]ncc2C1.NN. The minimum Gasteiger partial charge on any atom is -0.444 e. The predicted molar refractivity (Wildman–Crippen MR) is 281 cm³/mol. The van der Waals surface area contributed by atoms with Crippen LogP contribution in [-0.2, 0) is 56.6 Å². The number of hydrogen-bond acceptors (Lipinski definition) is 14. The lowest BCUT2D eigenvalue weighted by Crippen LogP contribution is -2.50. The third-order valence-corrected chi connectivity index (χ3v) is 16.6. The summed E-state index contributed by atoms with van der Waals surface area (Å²) in [6.07, 6.45) is 11.4. The summed E-state index contributed by atoms with van der Waals surface area (Å²) in [4.78, 5) is 42.5. The molecule has 5 heterocycles. The normalized spacial score (nSPS) is 21.6. The number of ether oxygens (including phenoxy) is 2. The molecule has 0 aromatic carbocycles. The Labute approximate surface area is 436 Å². The van der Waals surface area contributed by atoms with Crippen LogP contribution in [0.25, 0.3) is 0 Å². The molecule has 2 amide bonds. The van der Waals surface area contributed by atoms with Gasteiger partial charge in [-0.25, -0.2) is 9.59 Å². The molecular weight excluding hydrogens is 1130 g/mol. The first-order valence-corrected chi connectivity index (χ1v) is 26.3. The highest BCUT2D eigenvalue weighted by molar-refractivity contribution is 9.11. The summed E-state index contributed by atoms with van der Waals surface area (Å²) in [5.41, 5.74) is 9.66. The molecule has 0 aliphatic heterocycles. The maximum absolute atomic E-state index is 12.5. The fourth-order valence-corrected chi connectivity index (χ4v) is 12.8. The number of nitrogens with zero attached hydrogens (tertiary/aromatic N) is 3. The number of aromatic nitrogens is 4. The number of carbonyl (C=O) groups excluding carboxylic acids is 3. The number of amides is 2. The van der Waals surface area contributed by atoms with Crippen molar-refractivity contribution in [2.24, 2.45) is 17.4 Å². The van der Waals surface area contributed by atoms with E-state index in [2.05, 4.69) is 108 Å². The third kappa shape index (κ3) is 15.4. The second kappa shape index (κ2) is 23.7. The van der Waals surface area contributed by atoms with Gasteiger partial charge in [0.05, 0.1) is 29.0 Å². The van der Waals surface area contributed by atoms with E-state index >= 15 is 0 Å². The van der Waals surface area contributed by atoms with Crippen LogP contribution in [0.15, 0.2) is 71.9 Å². The van der Waals surface area contributed by atoms with E-state index in [9.17, 15) is 14.4 Å². The van der Waals surface area contributed by atoms with Crippen LogP contribution in [0.2, 0.25) is 0 Å². The number of Topliss-reactive ketones (excluding diaryl/α,β-unsaturated/α-hetero) is 1. The smallest absolute Gasteiger partial charge is 0.408 e. The van der Waals surface area contributed by atoms with Crippen molar-refractivity contribution in [1.82, 2.24) is 35.9 Å². The van der Waals surface area contributed by atoms with Gasteiger partial charge in [0.15, 0.2) is 5.78 Å². The molecule has 3 unspecified atom stereocenters. The number of aryl methyl sites for hydroxylation is 2. The summed E-state index contributed by atoms with van der Waals surface area (Å²) in [6, 6.07) is 6.22. The van der Waals surface area contributed by atoms with Crippen molar-refractivity contribution in [1.29, 1.82) is 0 Å². The molecular formula is C45H62Br3ClN10O5S3. The van der Waals surface area contributed by atoms with E-state index in [1.54, 1.807) is 34.0 Å². The molecule has 67 heavy (non-hydrogen) atoms. The van der Waals surface area contributed by atoms with E-state index in [1.807, 2.05) is 96.0 Å². The Bertz CT molecular complexity index is 2470. The molecule has 5 aromatic rings. The molecule has 1 saturated carbocycles. The Morgan fingerprint density at radius 2 is 1.13 bits per heavy atom. The van der Waals surface area contributed by atoms with Crippen molar-refractivity contribution >= 4 is 112 Å². The topological polar surface area (TPSA) is 232 Å². The van der Waals surface area contributed by atoms with Gasteiger partial charge in [-0.2, -0.15) is 10.2 Å². The Balaban J connectivity index is 0.000000218. The molecule has 368 valence electrons. The van der Waals surface area contributed by atoms with Crippen LogP contribution in [0.4, 0.5) is 9.59 Å². The number of H-pyrrole nitrogens is 2. The number of halogens is 4. The number of hydrogen-bond donors (Lipinski definition) is 7. The molecule has 0 radical (unpaired) electrons. The highest BCUT2D eigenvalue weighted by Crippen LogP contribution is 2.43. The lowest BCUT2D eigenvalue weighted by molar-refractivity contribution is -0.117. The molecule has 1 fully saturated rings. The van der Waals surface area contributed by atoms with Crippen LogP contribution in [-0.4, -0.2) is 68.6 Å². The fraction of sp³-hybridized carbons (Fsp3) is 0.489. The second-order valence-electron chi connectivity index (χ2n) is 18.8. The van der Waals surface area contributed by atoms with Crippen molar-refractivity contribution < 1.29 is 23.9 Å². The predicted octanol–water partition coefficient (Wildman–Crippen LogP) is 10.4. The molecule has 3 atom stereocenters. The van der Waals surface area contributed by atoms with E-state index in [0.29, 0.717) is 25.7 Å². The molecule has 0 saturated heterocycles. The quantitative estimate of drug-likeness (QED) is 0.0480. The fourth-order valence-electron chi connectivity index (χ4n) is 8.04. The zero-order valence-corrected chi connectivity index (χ0v) is 47.0. The van der Waals surface area contributed by atoms with Crippen molar-refractivity contribution in [3.05, 3.63) is 109 Å². The second-order valence-corrected chi connectivity index (χ2v) is 24.3. The van der Waals surface area contributed by atoms with Gasteiger partial charge in [0, 0.05) is 101 Å². The molecule has 8 rings (SSSR count). The number of thiophene rings is 3. The lowest BCUT2D eigenvalue weighted by Gasteiger charge is -2.38. The number of nitrogens with two attached hydrogens (primary N) is 3. The first-order chi connectivity index (χ1) is 31.0. The van der Waals surface area contributed by atoms with Crippen LogP contribution in [0.5, 0.6) is 0 Å². The monoisotopic (exact) mass is 1190 g/mol. The number of aromatic amines is 2. The van der Waals surface area contributed by atoms with Crippen molar-refractivity contribution in [2.75, 3.05) is 14.1 Å². The third-order valence-electron chi connectivity index (χ3n) is 10.9. The van der Waals surface area contributed by atoms with Crippen LogP contribution in [0, 0.1) is 0 Å². The molecule has 10 N–H and O–H groups in total. The van der Waals surface area contributed by atoms with Crippen LogP contribution >= 0.6 is 94.2 Å². The maximum Gasteiger partial charge on any atom is 0.408 e. The van der Waals surface area contributed by atoms with Crippen LogP contribution in [0.1, 0.15) is 111 Å². The zero-order chi connectivity index (χ0) is 48.7. The highest BCUT2D eigenvalue weighted by atomic mass is 79.9. The van der Waals surface area contributed by atoms with Crippen molar-refractivity contribution in [3.63, 3.8) is 0 Å². The van der Waals surface area contributed by atoms with Crippen molar-refractivity contribution in [3.8, 4) is 0 Å². The van der Waals surface area contributed by atoms with E-state index in [4.69, 9.17) is 15.2 Å². The standard InChI is InChI=1S/C18H25BrN2O3S.C16H20BrN3O2S.C11H12BrN3S.ClH.H4N2/c1-17(2,3)24-16(23)20-18(15-8-13(19)11-25-15)7-6-14(22)12(9-18)10-21(4)5;1-15(2,3)22-14(21)19-16(13-6-11(17)9-23-13)5-4-12-10(7-16)8-18-20-12;12-8-3-10(16-6-8)11(13)2-1-9-7(4-11)5-14-15-9;;1-2/h8,10-11H,6-7,9H2,1-5H3,(H,20,23);6,8-9H,4-5,7H2,1-3H3,(H,18,20)(H,19,21);3,5-6H,1-2,4,13H2,(H,14,15);1H;1-2H2/b12-10+;;;;. The molecule has 0 spiro atoms. The van der Waals surface area contributed by atoms with Gasteiger partial charge in [-0.05, 0) is 157 Å². The molecule has 3 aliphatic rings. The summed E-state index contributed by atoms with van der Waals surface area (Å²) in [5.74, 6) is 8.13. The van der Waals surface area contributed by atoms with E-state index < -0.39 is 28.4 Å². The number of carbonyl (C=O) groups is 3. The van der Waals surface area contributed by atoms with Gasteiger partial charge >= 0.3 is 12.2 Å². The largest absolute Gasteiger partial charge is 0.444 e. The molecule has 22 heteroatoms. The Hall–Kier alpha value is -3.12. The molecule has 15 nitrogen and oxygen atoms in total. The highest BCUT2D eigenvalue weighted by Gasteiger charge is 2.43. The Morgan fingerprint density at radius 1 is 0.716 bits per heavy atom. The van der Waals surface area contributed by atoms with Gasteiger partial charge in [0.25, 0.3) is 0 Å². The minimum atomic E-state index is -0.630. The van der Waals surface area contributed by atoms with Gasteiger partial charge in [0.2, 0.25) is 0 Å². The van der Waals surface area contributed by atoms with Crippen LogP contribution in [0.3, 0.4) is 0 Å². The van der Waals surface area contributed by atoms with Crippen LogP contribution < -0.4 is 28.1 Å². The number of fused-ring (bicyclic) bond motifs is 2. The maximum atomic E-state index is 12.5. The van der Waals surface area contributed by atoms with Gasteiger partial charge in [0.1, 0.15) is 11.2 Å². The number of hydrazine groups is 1. The van der Waals surface area contributed by atoms with Crippen molar-refractivity contribution in [2.45, 2.75) is 127 Å². The molecule has 0 bridgehead atoms. The average molecular weight is 1190 g/mol. The molecule has 3 aliphatic carbocycles. The van der Waals surface area contributed by atoms with Gasteiger partial charge in [-0.3, -0.25) is 26.7 Å². The number of nitrogens with one attached hydrogen (secondary N) is 4. The summed E-state index contributed by atoms with van der Waals surface area (Å²) < 4.78 is 14.1. The summed E-state index contributed by atoms with van der Waals surface area (Å²) in [7, 11) is 3.78. The van der Waals surface area contributed by atoms with E-state index in [0.717, 1.165) is 72.1 Å². The first-order valence-electron chi connectivity index (χ1n) is 21.3. The number of ketones is 1. The summed E-state index contributed by atoms with van der Waals surface area (Å²) in [6.45, 7) is 11.1. The summed E-state index contributed by atoms with van der Waals surface area (Å²) >= 11 is 15.4. The number of rotatable bonds is 6. The minimum absolute atomic E-state index is 0. The summed E-state index contributed by atoms with van der Waals surface area (Å²) in [5, 5.41) is 26.6. The Morgan fingerprint density at radius 3 is 1.57 bits per heavy atom. The lowest BCUT2D eigenvalue weighted by atomic mass is 9.77. The van der Waals surface area contributed by atoms with Gasteiger partial charge < -0.3 is 30.7 Å². The number of alkyl carbamates (subject to hydrolysis) is 2.